The first kappa shape index (κ1) is 21.2. The molecule has 6 nitrogen and oxygen atoms in total. The predicted molar refractivity (Wildman–Crippen MR) is 125 cm³/mol. The Hall–Kier alpha value is -3.64. The first-order chi connectivity index (χ1) is 15.8. The highest BCUT2D eigenvalue weighted by molar-refractivity contribution is 6.35. The van der Waals surface area contributed by atoms with Crippen molar-refractivity contribution in [2.24, 2.45) is 0 Å². The molecule has 0 aromatic heterocycles. The predicted octanol–water partition coefficient (Wildman–Crippen LogP) is 5.01. The van der Waals surface area contributed by atoms with Crippen LogP contribution in [-0.2, 0) is 0 Å². The number of nitrogens with zero attached hydrogens (tertiary/aromatic N) is 1. The van der Waals surface area contributed by atoms with Crippen LogP contribution in [0.4, 0.5) is 5.69 Å². The van der Waals surface area contributed by atoms with Crippen LogP contribution >= 0.6 is 11.6 Å². The molecule has 0 fully saturated rings. The SMILES string of the molecule is Cc1ccc(N2C(=O)c3ccc(C(=O)NC4CCOc5ccc(Cl)cc54)cc3C2=O)c(C)c1. The highest BCUT2D eigenvalue weighted by atomic mass is 35.5. The van der Waals surface area contributed by atoms with Gasteiger partial charge in [0.2, 0.25) is 0 Å². The van der Waals surface area contributed by atoms with E-state index >= 15 is 0 Å². The normalized spacial score (nSPS) is 16.8. The van der Waals surface area contributed by atoms with Gasteiger partial charge in [-0.15, -0.1) is 0 Å². The van der Waals surface area contributed by atoms with E-state index < -0.39 is 5.91 Å². The number of fused-ring (bicyclic) bond motifs is 2. The summed E-state index contributed by atoms with van der Waals surface area (Å²) in [6.07, 6.45) is 0.599. The fourth-order valence-electron chi connectivity index (χ4n) is 4.41. The molecule has 0 spiro atoms. The maximum Gasteiger partial charge on any atom is 0.266 e. The van der Waals surface area contributed by atoms with E-state index in [2.05, 4.69) is 5.32 Å². The first-order valence-corrected chi connectivity index (χ1v) is 11.0. The van der Waals surface area contributed by atoms with Gasteiger partial charge in [-0.25, -0.2) is 4.90 Å². The third kappa shape index (κ3) is 3.66. The van der Waals surface area contributed by atoms with Gasteiger partial charge in [0, 0.05) is 22.6 Å². The minimum atomic E-state index is -0.431. The zero-order chi connectivity index (χ0) is 23.3. The molecule has 3 amide bonds. The van der Waals surface area contributed by atoms with Gasteiger partial charge in [0.05, 0.1) is 29.5 Å². The van der Waals surface area contributed by atoms with Crippen LogP contribution in [0.15, 0.2) is 54.6 Å². The monoisotopic (exact) mass is 460 g/mol. The van der Waals surface area contributed by atoms with Crippen LogP contribution in [0.2, 0.25) is 5.02 Å². The largest absolute Gasteiger partial charge is 0.493 e. The second-order valence-corrected chi connectivity index (χ2v) is 8.78. The summed E-state index contributed by atoms with van der Waals surface area (Å²) < 4.78 is 5.66. The van der Waals surface area contributed by atoms with Gasteiger partial charge in [0.25, 0.3) is 17.7 Å². The molecule has 2 heterocycles. The lowest BCUT2D eigenvalue weighted by molar-refractivity contribution is 0.0916. The number of hydrogen-bond donors (Lipinski definition) is 1. The van der Waals surface area contributed by atoms with Crippen molar-refractivity contribution < 1.29 is 19.1 Å². The fourth-order valence-corrected chi connectivity index (χ4v) is 4.59. The molecule has 0 bridgehead atoms. The standard InChI is InChI=1S/C26H21ClN2O4/c1-14-3-7-22(15(2)11-14)29-25(31)18-6-4-16(12-19(18)26(29)32)24(30)28-21-9-10-33-23-8-5-17(27)13-20(21)23/h3-8,11-13,21H,9-10H2,1-2H3,(H,28,30). The molecule has 1 atom stereocenters. The number of aryl methyl sites for hydroxylation is 2. The summed E-state index contributed by atoms with van der Waals surface area (Å²) in [5, 5.41) is 3.57. The first-order valence-electron chi connectivity index (χ1n) is 10.7. The molecule has 3 aromatic carbocycles. The molecule has 2 aliphatic heterocycles. The van der Waals surface area contributed by atoms with Crippen molar-refractivity contribution >= 4 is 35.0 Å². The Kier molecular flexibility index (Phi) is 5.17. The third-order valence-corrected chi connectivity index (χ3v) is 6.29. The van der Waals surface area contributed by atoms with Gasteiger partial charge >= 0.3 is 0 Å². The van der Waals surface area contributed by atoms with E-state index in [0.29, 0.717) is 40.6 Å². The summed E-state index contributed by atoms with van der Waals surface area (Å²) in [6.45, 7) is 4.29. The Labute approximate surface area is 196 Å². The Bertz CT molecular complexity index is 1330. The average Bonchev–Trinajstić information content (AvgIpc) is 3.04. The zero-order valence-corrected chi connectivity index (χ0v) is 18.9. The van der Waals surface area contributed by atoms with Crippen molar-refractivity contribution in [2.45, 2.75) is 26.3 Å². The van der Waals surface area contributed by atoms with Crippen LogP contribution in [-0.4, -0.2) is 24.3 Å². The maximum atomic E-state index is 13.2. The van der Waals surface area contributed by atoms with E-state index in [-0.39, 0.29) is 23.4 Å². The number of anilines is 1. The zero-order valence-electron chi connectivity index (χ0n) is 18.1. The lowest BCUT2D eigenvalue weighted by atomic mass is 9.99. The van der Waals surface area contributed by atoms with E-state index in [1.807, 2.05) is 26.0 Å². The van der Waals surface area contributed by atoms with E-state index in [1.165, 1.54) is 11.0 Å². The van der Waals surface area contributed by atoms with E-state index in [4.69, 9.17) is 16.3 Å². The van der Waals surface area contributed by atoms with Crippen molar-refractivity contribution in [3.63, 3.8) is 0 Å². The van der Waals surface area contributed by atoms with E-state index in [9.17, 15) is 14.4 Å². The fraction of sp³-hybridized carbons (Fsp3) is 0.192. The number of nitrogens with one attached hydrogen (secondary N) is 1. The third-order valence-electron chi connectivity index (χ3n) is 6.06. The van der Waals surface area contributed by atoms with Crippen molar-refractivity contribution in [1.29, 1.82) is 0 Å². The molecule has 166 valence electrons. The number of halogens is 1. The van der Waals surface area contributed by atoms with Crippen LogP contribution in [0, 0.1) is 13.8 Å². The Morgan fingerprint density at radius 1 is 1.00 bits per heavy atom. The van der Waals surface area contributed by atoms with Crippen molar-refractivity contribution in [3.8, 4) is 5.75 Å². The highest BCUT2D eigenvalue weighted by Crippen LogP contribution is 2.35. The van der Waals surface area contributed by atoms with Crippen molar-refractivity contribution in [2.75, 3.05) is 11.5 Å². The number of ether oxygens (including phenoxy) is 1. The molecule has 0 aliphatic carbocycles. The lowest BCUT2D eigenvalue weighted by Crippen LogP contribution is -2.32. The molecule has 33 heavy (non-hydrogen) atoms. The number of benzene rings is 3. The Morgan fingerprint density at radius 3 is 2.58 bits per heavy atom. The Balaban J connectivity index is 1.42. The second-order valence-electron chi connectivity index (χ2n) is 8.34. The van der Waals surface area contributed by atoms with Crippen molar-refractivity contribution in [1.82, 2.24) is 5.32 Å². The van der Waals surface area contributed by atoms with Gasteiger partial charge in [-0.3, -0.25) is 14.4 Å². The van der Waals surface area contributed by atoms with Gasteiger partial charge in [-0.2, -0.15) is 0 Å². The molecular weight excluding hydrogens is 440 g/mol. The molecule has 0 saturated carbocycles. The van der Waals surface area contributed by atoms with Crippen LogP contribution in [0.1, 0.15) is 60.2 Å². The maximum absolute atomic E-state index is 13.2. The van der Waals surface area contributed by atoms with Gasteiger partial charge in [-0.1, -0.05) is 29.3 Å². The molecule has 0 saturated heterocycles. The minimum absolute atomic E-state index is 0.225. The van der Waals surface area contributed by atoms with E-state index in [1.54, 1.807) is 36.4 Å². The molecule has 5 rings (SSSR count). The Morgan fingerprint density at radius 2 is 1.79 bits per heavy atom. The summed E-state index contributed by atoms with van der Waals surface area (Å²) in [5.74, 6) is -0.461. The van der Waals surface area contributed by atoms with Crippen LogP contribution in [0.25, 0.3) is 0 Å². The molecule has 7 heteroatoms. The van der Waals surface area contributed by atoms with Gasteiger partial charge in [-0.05, 0) is 61.9 Å². The average molecular weight is 461 g/mol. The van der Waals surface area contributed by atoms with Gasteiger partial charge < -0.3 is 10.1 Å². The summed E-state index contributed by atoms with van der Waals surface area (Å²) in [4.78, 5) is 40.4. The van der Waals surface area contributed by atoms with Crippen LogP contribution in [0.3, 0.4) is 0 Å². The quantitative estimate of drug-likeness (QED) is 0.557. The van der Waals surface area contributed by atoms with Crippen LogP contribution < -0.4 is 15.0 Å². The summed E-state index contributed by atoms with van der Waals surface area (Å²) in [7, 11) is 0. The molecule has 2 aliphatic rings. The smallest absolute Gasteiger partial charge is 0.266 e. The summed E-state index contributed by atoms with van der Waals surface area (Å²) in [5.41, 5.74) is 4.07. The number of imide groups is 1. The summed E-state index contributed by atoms with van der Waals surface area (Å²) >= 11 is 6.13. The molecule has 1 unspecified atom stereocenters. The van der Waals surface area contributed by atoms with Gasteiger partial charge in [0.1, 0.15) is 5.75 Å². The van der Waals surface area contributed by atoms with Crippen LogP contribution in [0.5, 0.6) is 5.75 Å². The number of rotatable bonds is 3. The minimum Gasteiger partial charge on any atom is -0.493 e. The number of carbonyl (C=O) groups is 3. The molecule has 1 N–H and O–H groups in total. The number of carbonyl (C=O) groups excluding carboxylic acids is 3. The summed E-state index contributed by atoms with van der Waals surface area (Å²) in [6, 6.07) is 15.2. The highest BCUT2D eigenvalue weighted by Gasteiger charge is 2.38. The van der Waals surface area contributed by atoms with Gasteiger partial charge in [0.15, 0.2) is 0 Å². The van der Waals surface area contributed by atoms with Crippen molar-refractivity contribution in [3.05, 3.63) is 93.0 Å². The molecule has 0 radical (unpaired) electrons. The number of hydrogen-bond acceptors (Lipinski definition) is 4. The molecular formula is C26H21ClN2O4. The number of amides is 3. The van der Waals surface area contributed by atoms with E-state index in [0.717, 1.165) is 16.7 Å². The topological polar surface area (TPSA) is 75.7 Å². The second kappa shape index (κ2) is 8.05. The molecule has 3 aromatic rings. The lowest BCUT2D eigenvalue weighted by Gasteiger charge is -2.27.